The van der Waals surface area contributed by atoms with Crippen LogP contribution in [0.15, 0.2) is 29.3 Å². The molecule has 0 aromatic heterocycles. The quantitative estimate of drug-likeness (QED) is 0.262. The van der Waals surface area contributed by atoms with Crippen LogP contribution >= 0.6 is 24.0 Å². The number of alkyl halides is 3. The molecule has 158 valence electrons. The minimum Gasteiger partial charge on any atom is -0.357 e. The van der Waals surface area contributed by atoms with E-state index in [1.54, 1.807) is 0 Å². The fourth-order valence-corrected chi connectivity index (χ4v) is 3.00. The lowest BCUT2D eigenvalue weighted by atomic mass is 10.1. The van der Waals surface area contributed by atoms with Crippen molar-refractivity contribution >= 4 is 35.8 Å². The molecule has 28 heavy (non-hydrogen) atoms. The summed E-state index contributed by atoms with van der Waals surface area (Å²) in [6.45, 7) is 5.24. The van der Waals surface area contributed by atoms with Crippen molar-refractivity contribution in [2.24, 2.45) is 4.99 Å². The van der Waals surface area contributed by atoms with Gasteiger partial charge in [-0.15, -0.1) is 24.0 Å². The van der Waals surface area contributed by atoms with E-state index >= 15 is 0 Å². The fraction of sp³-hybridized carbons (Fsp3) is 0.579. The van der Waals surface area contributed by atoms with Crippen molar-refractivity contribution in [1.29, 1.82) is 0 Å². The summed E-state index contributed by atoms with van der Waals surface area (Å²) < 4.78 is 38.0. The summed E-state index contributed by atoms with van der Waals surface area (Å²) in [5.74, 6) is 0.912. The van der Waals surface area contributed by atoms with Gasteiger partial charge < -0.3 is 15.1 Å². The monoisotopic (exact) mass is 512 g/mol. The Balaban J connectivity index is 0.00000392. The minimum absolute atomic E-state index is 0. The van der Waals surface area contributed by atoms with Crippen LogP contribution in [0.25, 0.3) is 0 Å². The Morgan fingerprint density at radius 1 is 1.29 bits per heavy atom. The van der Waals surface area contributed by atoms with Crippen LogP contribution < -0.4 is 5.32 Å². The second-order valence-corrected chi connectivity index (χ2v) is 6.62. The van der Waals surface area contributed by atoms with E-state index < -0.39 is 11.7 Å². The third-order valence-corrected chi connectivity index (χ3v) is 4.42. The number of carbonyl (C=O) groups is 1. The number of nitrogens with one attached hydrogen (secondary N) is 1. The molecule has 0 saturated carbocycles. The molecule has 5 nitrogen and oxygen atoms in total. The van der Waals surface area contributed by atoms with E-state index in [9.17, 15) is 18.0 Å². The molecule has 1 aromatic carbocycles. The molecule has 9 heteroatoms. The number of aliphatic imine (C=N–C) groups is 1. The van der Waals surface area contributed by atoms with Crippen molar-refractivity contribution < 1.29 is 18.0 Å². The average Bonchev–Trinajstić information content (AvgIpc) is 3.02. The number of halogens is 4. The zero-order valence-corrected chi connectivity index (χ0v) is 18.6. The van der Waals surface area contributed by atoms with Crippen LogP contribution in [0.3, 0.4) is 0 Å². The van der Waals surface area contributed by atoms with Gasteiger partial charge in [-0.1, -0.05) is 12.1 Å². The molecule has 0 atom stereocenters. The Labute approximate surface area is 181 Å². The number of nitrogens with zero attached hydrogens (tertiary/aromatic N) is 3. The molecule has 1 amide bonds. The Hall–Kier alpha value is -1.52. The first-order chi connectivity index (χ1) is 12.8. The average molecular weight is 512 g/mol. The van der Waals surface area contributed by atoms with E-state index in [0.29, 0.717) is 38.6 Å². The van der Waals surface area contributed by atoms with Crippen molar-refractivity contribution in [3.8, 4) is 0 Å². The Morgan fingerprint density at radius 3 is 2.50 bits per heavy atom. The van der Waals surface area contributed by atoms with Gasteiger partial charge in [0.05, 0.1) is 5.56 Å². The van der Waals surface area contributed by atoms with Crippen LogP contribution in [0.4, 0.5) is 13.2 Å². The van der Waals surface area contributed by atoms with E-state index in [0.717, 1.165) is 37.1 Å². The molecule has 1 saturated heterocycles. The van der Waals surface area contributed by atoms with Crippen LogP contribution in [0.2, 0.25) is 0 Å². The summed E-state index contributed by atoms with van der Waals surface area (Å²) in [7, 11) is 1.85. The van der Waals surface area contributed by atoms with Crippen LogP contribution in [0, 0.1) is 0 Å². The second kappa shape index (κ2) is 11.5. The summed E-state index contributed by atoms with van der Waals surface area (Å²) in [6.07, 6.45) is -1.96. The van der Waals surface area contributed by atoms with Crippen LogP contribution in [0.1, 0.15) is 37.3 Å². The predicted molar refractivity (Wildman–Crippen MR) is 115 cm³/mol. The molecule has 1 aliphatic rings. The van der Waals surface area contributed by atoms with Gasteiger partial charge in [-0.25, -0.2) is 0 Å². The molecule has 1 aliphatic heterocycles. The summed E-state index contributed by atoms with van der Waals surface area (Å²) in [6, 6.07) is 5.17. The number of likely N-dealkylation sites (tertiary alicyclic amines) is 1. The highest BCUT2D eigenvalue weighted by Crippen LogP contribution is 2.29. The normalized spacial score (nSPS) is 14.8. The Morgan fingerprint density at radius 2 is 1.96 bits per heavy atom. The van der Waals surface area contributed by atoms with Crippen LogP contribution in [-0.2, 0) is 17.5 Å². The topological polar surface area (TPSA) is 47.9 Å². The van der Waals surface area contributed by atoms with Gasteiger partial charge in [-0.05, 0) is 37.5 Å². The first-order valence-electron chi connectivity index (χ1n) is 9.24. The number of amides is 1. The number of benzene rings is 1. The zero-order chi connectivity index (χ0) is 19.9. The third-order valence-electron chi connectivity index (χ3n) is 4.42. The standard InChI is InChI=1S/C19H27F3N4O.HI/c1-3-23-18(24-11-5-13-26-12-4-6-17(26)27)25(2)14-15-7-9-16(10-8-15)19(20,21)22;/h7-10H,3-6,11-14H2,1-2H3,(H,23,24);1H. The highest BCUT2D eigenvalue weighted by molar-refractivity contribution is 14.0. The molecule has 0 aliphatic carbocycles. The zero-order valence-electron chi connectivity index (χ0n) is 16.3. The van der Waals surface area contributed by atoms with Gasteiger partial charge in [0, 0.05) is 46.2 Å². The van der Waals surface area contributed by atoms with Crippen LogP contribution in [0.5, 0.6) is 0 Å². The largest absolute Gasteiger partial charge is 0.416 e. The van der Waals surface area contributed by atoms with Gasteiger partial charge in [0.15, 0.2) is 5.96 Å². The molecule has 0 bridgehead atoms. The molecule has 1 heterocycles. The maximum atomic E-state index is 12.7. The molecule has 1 aromatic rings. The third kappa shape index (κ3) is 7.48. The molecule has 0 unspecified atom stereocenters. The molecule has 0 radical (unpaired) electrons. The van der Waals surface area contributed by atoms with Crippen molar-refractivity contribution in [3.63, 3.8) is 0 Å². The number of hydrogen-bond acceptors (Lipinski definition) is 2. The smallest absolute Gasteiger partial charge is 0.357 e. The van der Waals surface area contributed by atoms with Gasteiger partial charge in [-0.3, -0.25) is 9.79 Å². The first-order valence-corrected chi connectivity index (χ1v) is 9.24. The highest BCUT2D eigenvalue weighted by atomic mass is 127. The van der Waals surface area contributed by atoms with E-state index in [1.807, 2.05) is 23.8 Å². The second-order valence-electron chi connectivity index (χ2n) is 6.62. The lowest BCUT2D eigenvalue weighted by Gasteiger charge is -2.22. The summed E-state index contributed by atoms with van der Waals surface area (Å²) in [5.41, 5.74) is 0.129. The van der Waals surface area contributed by atoms with Gasteiger partial charge >= 0.3 is 6.18 Å². The Kier molecular flexibility index (Phi) is 10.0. The van der Waals surface area contributed by atoms with Gasteiger partial charge in [0.2, 0.25) is 5.91 Å². The Bertz CT molecular complexity index is 650. The highest BCUT2D eigenvalue weighted by Gasteiger charge is 2.30. The molecule has 0 spiro atoms. The maximum absolute atomic E-state index is 12.7. The molecule has 1 fully saturated rings. The summed E-state index contributed by atoms with van der Waals surface area (Å²) in [5, 5.41) is 3.19. The first kappa shape index (κ1) is 24.5. The number of hydrogen-bond donors (Lipinski definition) is 1. The molecular formula is C19H28F3IN4O. The number of carbonyl (C=O) groups excluding carboxylic acids is 1. The summed E-state index contributed by atoms with van der Waals surface area (Å²) in [4.78, 5) is 19.9. The lowest BCUT2D eigenvalue weighted by Crippen LogP contribution is -2.38. The number of rotatable bonds is 7. The lowest BCUT2D eigenvalue weighted by molar-refractivity contribution is -0.137. The summed E-state index contributed by atoms with van der Waals surface area (Å²) >= 11 is 0. The van der Waals surface area contributed by atoms with E-state index in [1.165, 1.54) is 12.1 Å². The van der Waals surface area contributed by atoms with Crippen molar-refractivity contribution in [3.05, 3.63) is 35.4 Å². The maximum Gasteiger partial charge on any atom is 0.416 e. The van der Waals surface area contributed by atoms with Gasteiger partial charge in [-0.2, -0.15) is 13.2 Å². The van der Waals surface area contributed by atoms with Crippen molar-refractivity contribution in [2.75, 3.05) is 33.2 Å². The fourth-order valence-electron chi connectivity index (χ4n) is 3.00. The van der Waals surface area contributed by atoms with Gasteiger partial charge in [0.1, 0.15) is 0 Å². The molecular weight excluding hydrogens is 484 g/mol. The van der Waals surface area contributed by atoms with E-state index in [2.05, 4.69) is 10.3 Å². The number of guanidine groups is 1. The minimum atomic E-state index is -4.32. The van der Waals surface area contributed by atoms with Crippen molar-refractivity contribution in [2.45, 2.75) is 38.9 Å². The van der Waals surface area contributed by atoms with E-state index in [-0.39, 0.29) is 29.9 Å². The van der Waals surface area contributed by atoms with E-state index in [4.69, 9.17) is 0 Å². The predicted octanol–water partition coefficient (Wildman–Crippen LogP) is 3.73. The van der Waals surface area contributed by atoms with Crippen LogP contribution in [-0.4, -0.2) is 54.9 Å². The SMILES string of the molecule is CCNC(=NCCCN1CCCC1=O)N(C)Cc1ccc(C(F)(F)F)cc1.I. The molecule has 1 N–H and O–H groups in total. The molecule has 2 rings (SSSR count). The van der Waals surface area contributed by atoms with Gasteiger partial charge in [0.25, 0.3) is 0 Å². The van der Waals surface area contributed by atoms with Crippen molar-refractivity contribution in [1.82, 2.24) is 15.1 Å².